The van der Waals surface area contributed by atoms with Crippen molar-refractivity contribution in [3.8, 4) is 11.3 Å². The van der Waals surface area contributed by atoms with Crippen LogP contribution in [0.15, 0.2) is 30.3 Å². The van der Waals surface area contributed by atoms with Gasteiger partial charge in [0.25, 0.3) is 0 Å². The lowest BCUT2D eigenvalue weighted by molar-refractivity contribution is -0.137. The molecule has 2 N–H and O–H groups in total. The molecule has 0 spiro atoms. The predicted molar refractivity (Wildman–Crippen MR) is 77.4 cm³/mol. The van der Waals surface area contributed by atoms with Gasteiger partial charge in [0.05, 0.1) is 11.3 Å². The Morgan fingerprint density at radius 3 is 2.36 bits per heavy atom. The fourth-order valence-corrected chi connectivity index (χ4v) is 1.92. The molecule has 0 unspecified atom stereocenters. The number of aryl methyl sites for hydroxylation is 1. The van der Waals surface area contributed by atoms with Crippen LogP contribution >= 0.6 is 0 Å². The van der Waals surface area contributed by atoms with Crippen LogP contribution in [-0.4, -0.2) is 28.5 Å². The summed E-state index contributed by atoms with van der Waals surface area (Å²) in [6.45, 7) is 2.50. The maximum atomic E-state index is 12.5. The average Bonchev–Trinajstić information content (AvgIpc) is 2.48. The third-order valence-corrected chi connectivity index (χ3v) is 3.12. The molecule has 2 rings (SSSR count). The Hall–Kier alpha value is -2.15. The molecule has 2 aromatic rings. The maximum Gasteiger partial charge on any atom is 0.416 e. The number of benzene rings is 1. The number of anilines is 1. The number of halogens is 3. The summed E-state index contributed by atoms with van der Waals surface area (Å²) in [5.74, 6) is 0.601. The monoisotopic (exact) mass is 311 g/mol. The highest BCUT2D eigenvalue weighted by Gasteiger charge is 2.30. The number of aromatic nitrogens is 2. The van der Waals surface area contributed by atoms with Gasteiger partial charge in [-0.3, -0.25) is 0 Å². The van der Waals surface area contributed by atoms with Crippen molar-refractivity contribution in [3.05, 3.63) is 41.5 Å². The predicted octanol–water partition coefficient (Wildman–Crippen LogP) is 3.27. The lowest BCUT2D eigenvalue weighted by Gasteiger charge is -2.10. The summed E-state index contributed by atoms with van der Waals surface area (Å²) in [7, 11) is 0. The molecule has 1 aromatic heterocycles. The molecule has 0 radical (unpaired) electrons. The van der Waals surface area contributed by atoms with Crippen LogP contribution in [0.2, 0.25) is 0 Å². The van der Waals surface area contributed by atoms with Gasteiger partial charge in [-0.1, -0.05) is 12.1 Å². The molecule has 1 heterocycles. The topological polar surface area (TPSA) is 58.0 Å². The summed E-state index contributed by atoms with van der Waals surface area (Å²) in [6, 6.07) is 6.58. The fraction of sp³-hybridized carbons (Fsp3) is 0.333. The van der Waals surface area contributed by atoms with Crippen molar-refractivity contribution in [2.45, 2.75) is 19.5 Å². The Kier molecular flexibility index (Phi) is 4.97. The Morgan fingerprint density at radius 1 is 1.14 bits per heavy atom. The van der Waals surface area contributed by atoms with E-state index >= 15 is 0 Å². The van der Waals surface area contributed by atoms with E-state index in [0.29, 0.717) is 30.0 Å². The molecular formula is C15H16F3N3O. The van der Waals surface area contributed by atoms with E-state index in [1.165, 1.54) is 12.1 Å². The van der Waals surface area contributed by atoms with Crippen molar-refractivity contribution in [2.75, 3.05) is 18.5 Å². The number of aliphatic hydroxyl groups excluding tert-OH is 1. The first kappa shape index (κ1) is 16.2. The van der Waals surface area contributed by atoms with Crippen LogP contribution in [0.5, 0.6) is 0 Å². The standard InChI is InChI=1S/C15H16F3N3O/c1-10-9-13(20-21-14(10)19-7-2-8-22)11-3-5-12(6-4-11)15(16,17)18/h3-6,9,22H,2,7-8H2,1H3,(H,19,21). The maximum absolute atomic E-state index is 12.5. The highest BCUT2D eigenvalue weighted by atomic mass is 19.4. The van der Waals surface area contributed by atoms with Crippen molar-refractivity contribution in [1.29, 1.82) is 0 Å². The van der Waals surface area contributed by atoms with Crippen LogP contribution in [-0.2, 0) is 6.18 Å². The Morgan fingerprint density at radius 2 is 1.82 bits per heavy atom. The fourth-order valence-electron chi connectivity index (χ4n) is 1.92. The lowest BCUT2D eigenvalue weighted by atomic mass is 10.1. The van der Waals surface area contributed by atoms with Crippen molar-refractivity contribution in [1.82, 2.24) is 10.2 Å². The van der Waals surface area contributed by atoms with Crippen LogP contribution in [0.4, 0.5) is 19.0 Å². The van der Waals surface area contributed by atoms with E-state index in [2.05, 4.69) is 15.5 Å². The Balaban J connectivity index is 2.17. The van der Waals surface area contributed by atoms with Crippen LogP contribution in [0.3, 0.4) is 0 Å². The molecule has 1 aromatic carbocycles. The third kappa shape index (κ3) is 3.94. The lowest BCUT2D eigenvalue weighted by Crippen LogP contribution is -2.08. The van der Waals surface area contributed by atoms with Crippen LogP contribution in [0.1, 0.15) is 17.5 Å². The molecule has 0 saturated heterocycles. The number of nitrogens with zero attached hydrogens (tertiary/aromatic N) is 2. The number of hydrogen-bond acceptors (Lipinski definition) is 4. The van der Waals surface area contributed by atoms with E-state index in [1.807, 2.05) is 6.92 Å². The molecule has 0 fully saturated rings. The molecule has 0 saturated carbocycles. The van der Waals surface area contributed by atoms with E-state index < -0.39 is 11.7 Å². The van der Waals surface area contributed by atoms with Gasteiger partial charge in [-0.05, 0) is 37.1 Å². The average molecular weight is 311 g/mol. The van der Waals surface area contributed by atoms with Crippen LogP contribution in [0, 0.1) is 6.92 Å². The normalized spacial score (nSPS) is 11.5. The molecule has 4 nitrogen and oxygen atoms in total. The zero-order valence-electron chi connectivity index (χ0n) is 12.0. The Bertz CT molecular complexity index is 627. The molecule has 0 bridgehead atoms. The zero-order chi connectivity index (χ0) is 16.2. The summed E-state index contributed by atoms with van der Waals surface area (Å²) < 4.78 is 37.6. The SMILES string of the molecule is Cc1cc(-c2ccc(C(F)(F)F)cc2)nnc1NCCCO. The van der Waals surface area contributed by atoms with Gasteiger partial charge >= 0.3 is 6.18 Å². The number of rotatable bonds is 5. The van der Waals surface area contributed by atoms with Gasteiger partial charge in [0.2, 0.25) is 0 Å². The summed E-state index contributed by atoms with van der Waals surface area (Å²) >= 11 is 0. The van der Waals surface area contributed by atoms with Crippen LogP contribution in [0.25, 0.3) is 11.3 Å². The van der Waals surface area contributed by atoms with Gasteiger partial charge in [-0.25, -0.2) is 0 Å². The van der Waals surface area contributed by atoms with Crippen molar-refractivity contribution >= 4 is 5.82 Å². The summed E-state index contributed by atoms with van der Waals surface area (Å²) in [5.41, 5.74) is 1.23. The minimum Gasteiger partial charge on any atom is -0.396 e. The first-order chi connectivity index (χ1) is 10.4. The number of aliphatic hydroxyl groups is 1. The molecule has 0 aliphatic carbocycles. The second kappa shape index (κ2) is 6.74. The highest BCUT2D eigenvalue weighted by molar-refractivity contribution is 5.62. The molecule has 0 aliphatic heterocycles. The van der Waals surface area contributed by atoms with E-state index in [1.54, 1.807) is 6.07 Å². The first-order valence-corrected chi connectivity index (χ1v) is 6.78. The van der Waals surface area contributed by atoms with Crippen LogP contribution < -0.4 is 5.32 Å². The second-order valence-electron chi connectivity index (χ2n) is 4.84. The van der Waals surface area contributed by atoms with Crippen molar-refractivity contribution in [2.24, 2.45) is 0 Å². The minimum atomic E-state index is -4.35. The van der Waals surface area contributed by atoms with E-state index in [4.69, 9.17) is 5.11 Å². The van der Waals surface area contributed by atoms with E-state index in [-0.39, 0.29) is 6.61 Å². The van der Waals surface area contributed by atoms with E-state index in [0.717, 1.165) is 17.7 Å². The quantitative estimate of drug-likeness (QED) is 0.832. The van der Waals surface area contributed by atoms with Gasteiger partial charge in [0.1, 0.15) is 0 Å². The van der Waals surface area contributed by atoms with Gasteiger partial charge in [0, 0.05) is 18.7 Å². The summed E-state index contributed by atoms with van der Waals surface area (Å²) in [4.78, 5) is 0. The van der Waals surface area contributed by atoms with Gasteiger partial charge in [0.15, 0.2) is 5.82 Å². The van der Waals surface area contributed by atoms with E-state index in [9.17, 15) is 13.2 Å². The molecule has 0 aliphatic rings. The minimum absolute atomic E-state index is 0.0864. The second-order valence-corrected chi connectivity index (χ2v) is 4.84. The smallest absolute Gasteiger partial charge is 0.396 e. The van der Waals surface area contributed by atoms with Gasteiger partial charge in [-0.15, -0.1) is 10.2 Å². The summed E-state index contributed by atoms with van der Waals surface area (Å²) in [5, 5.41) is 19.8. The first-order valence-electron chi connectivity index (χ1n) is 6.78. The number of hydrogen-bond donors (Lipinski definition) is 2. The van der Waals surface area contributed by atoms with Crippen molar-refractivity contribution in [3.63, 3.8) is 0 Å². The third-order valence-electron chi connectivity index (χ3n) is 3.12. The van der Waals surface area contributed by atoms with Gasteiger partial charge < -0.3 is 10.4 Å². The molecule has 22 heavy (non-hydrogen) atoms. The number of alkyl halides is 3. The van der Waals surface area contributed by atoms with Crippen molar-refractivity contribution < 1.29 is 18.3 Å². The Labute approximate surface area is 126 Å². The summed E-state index contributed by atoms with van der Waals surface area (Å²) in [6.07, 6.45) is -3.75. The highest BCUT2D eigenvalue weighted by Crippen LogP contribution is 2.30. The largest absolute Gasteiger partial charge is 0.416 e. The number of nitrogens with one attached hydrogen (secondary N) is 1. The zero-order valence-corrected chi connectivity index (χ0v) is 12.0. The molecular weight excluding hydrogens is 295 g/mol. The van der Waals surface area contributed by atoms with Gasteiger partial charge in [-0.2, -0.15) is 13.2 Å². The molecule has 7 heteroatoms. The molecule has 0 amide bonds. The molecule has 118 valence electrons. The molecule has 0 atom stereocenters.